The Morgan fingerprint density at radius 3 is 2.39 bits per heavy atom. The number of methoxy groups -OCH3 is 3. The summed E-state index contributed by atoms with van der Waals surface area (Å²) in [4.78, 5) is 30.1. The molecule has 0 unspecified atom stereocenters. The summed E-state index contributed by atoms with van der Waals surface area (Å²) in [5, 5.41) is 11.2. The maximum absolute atomic E-state index is 13.7. The van der Waals surface area contributed by atoms with Gasteiger partial charge in [0.2, 0.25) is 5.75 Å². The number of ether oxygens (including phenoxy) is 4. The molecule has 2 aromatic rings. The van der Waals surface area contributed by atoms with Crippen LogP contribution in [0.1, 0.15) is 77.7 Å². The molecule has 41 heavy (non-hydrogen) atoms. The number of rotatable bonds is 7. The van der Waals surface area contributed by atoms with Crippen molar-refractivity contribution >= 4 is 28.1 Å². The first-order chi connectivity index (χ1) is 19.9. The third-order valence-electron chi connectivity index (χ3n) is 8.02. The van der Waals surface area contributed by atoms with Gasteiger partial charge in [-0.05, 0) is 68.7 Å². The monoisotopic (exact) mass is 577 g/mol. The van der Waals surface area contributed by atoms with E-state index in [2.05, 4.69) is 6.07 Å². The summed E-state index contributed by atoms with van der Waals surface area (Å²) in [6.07, 6.45) is 6.35. The summed E-state index contributed by atoms with van der Waals surface area (Å²) < 4.78 is 22.2. The van der Waals surface area contributed by atoms with Crippen molar-refractivity contribution in [3.63, 3.8) is 0 Å². The van der Waals surface area contributed by atoms with Crippen molar-refractivity contribution in [1.82, 2.24) is 0 Å². The Hall–Kier alpha value is -3.97. The minimum Gasteiger partial charge on any atom is -0.493 e. The number of thiophene rings is 1. The number of nitrogens with zero attached hydrogens (tertiary/aromatic N) is 2. The summed E-state index contributed by atoms with van der Waals surface area (Å²) in [5.74, 6) is 0.276. The van der Waals surface area contributed by atoms with E-state index in [-0.39, 0.29) is 23.8 Å². The van der Waals surface area contributed by atoms with E-state index >= 15 is 0 Å². The van der Waals surface area contributed by atoms with Gasteiger partial charge in [0.1, 0.15) is 10.8 Å². The Morgan fingerprint density at radius 1 is 1.05 bits per heavy atom. The molecule has 9 nitrogen and oxygen atoms in total. The molecule has 1 aromatic carbocycles. The molecule has 5 rings (SSSR count). The maximum Gasteiger partial charge on any atom is 0.341 e. The Labute approximate surface area is 244 Å². The number of Topliss-reactive ketones (excluding diaryl/α,β-unsaturated/α-hetero) is 1. The zero-order valence-corrected chi connectivity index (χ0v) is 24.7. The van der Waals surface area contributed by atoms with Crippen molar-refractivity contribution in [2.45, 2.75) is 64.2 Å². The SMILES string of the molecule is CCOC(=O)c1c(N2C(N)=C(C#N)[C@@H](c3cc(OC)c(OC)c(OC)c3)C3=C2CCCC3=O)sc2c1CCCCC2. The highest BCUT2D eigenvalue weighted by Crippen LogP contribution is 2.52. The summed E-state index contributed by atoms with van der Waals surface area (Å²) in [5.41, 5.74) is 10.5. The fourth-order valence-electron chi connectivity index (χ4n) is 6.22. The molecular formula is C31H35N3O6S. The van der Waals surface area contributed by atoms with Crippen LogP contribution in [0.5, 0.6) is 17.2 Å². The van der Waals surface area contributed by atoms with Gasteiger partial charge in [-0.3, -0.25) is 9.69 Å². The summed E-state index contributed by atoms with van der Waals surface area (Å²) >= 11 is 1.52. The lowest BCUT2D eigenvalue weighted by Gasteiger charge is -2.39. The molecule has 0 saturated heterocycles. The van der Waals surface area contributed by atoms with E-state index in [1.165, 1.54) is 32.7 Å². The number of benzene rings is 1. The molecule has 1 atom stereocenters. The smallest absolute Gasteiger partial charge is 0.341 e. The van der Waals surface area contributed by atoms with E-state index in [0.717, 1.165) is 48.2 Å². The Morgan fingerprint density at radius 2 is 1.76 bits per heavy atom. The van der Waals surface area contributed by atoms with E-state index in [1.54, 1.807) is 24.0 Å². The third kappa shape index (κ3) is 4.82. The number of aryl methyl sites for hydroxylation is 1. The van der Waals surface area contributed by atoms with Crippen molar-refractivity contribution in [1.29, 1.82) is 5.26 Å². The molecule has 2 aliphatic carbocycles. The van der Waals surface area contributed by atoms with E-state index in [9.17, 15) is 14.9 Å². The number of carbonyl (C=O) groups excluding carboxylic acids is 2. The number of fused-ring (bicyclic) bond motifs is 1. The minimum atomic E-state index is -0.725. The van der Waals surface area contributed by atoms with Gasteiger partial charge in [-0.15, -0.1) is 11.3 Å². The average molecular weight is 578 g/mol. The third-order valence-corrected chi connectivity index (χ3v) is 9.30. The fraction of sp³-hybridized carbons (Fsp3) is 0.452. The standard InChI is InChI=1S/C31H35N3O6S/c1-5-40-31(36)26-18-10-7-6-8-13-24(18)41-30(26)34-20-11-9-12-21(35)27(20)25(19(16-32)29(34)33)17-14-22(37-2)28(39-4)23(15-17)38-3/h14-15,25H,5-13,33H2,1-4H3/t25-/m1/s1. The van der Waals surface area contributed by atoms with Gasteiger partial charge < -0.3 is 24.7 Å². The van der Waals surface area contributed by atoms with Crippen molar-refractivity contribution in [3.05, 3.63) is 56.4 Å². The van der Waals surface area contributed by atoms with Crippen molar-refractivity contribution in [3.8, 4) is 23.3 Å². The quantitative estimate of drug-likeness (QED) is 0.334. The van der Waals surface area contributed by atoms with Crippen LogP contribution < -0.4 is 24.8 Å². The maximum atomic E-state index is 13.7. The van der Waals surface area contributed by atoms with Gasteiger partial charge in [-0.1, -0.05) is 6.42 Å². The largest absolute Gasteiger partial charge is 0.493 e. The molecule has 1 aliphatic heterocycles. The number of esters is 1. The molecule has 0 bridgehead atoms. The molecular weight excluding hydrogens is 542 g/mol. The van der Waals surface area contributed by atoms with Gasteiger partial charge in [0, 0.05) is 22.6 Å². The van der Waals surface area contributed by atoms with Gasteiger partial charge in [-0.25, -0.2) is 4.79 Å². The van der Waals surface area contributed by atoms with Crippen molar-refractivity contribution in [2.75, 3.05) is 32.8 Å². The molecule has 2 heterocycles. The van der Waals surface area contributed by atoms with Gasteiger partial charge in [-0.2, -0.15) is 5.26 Å². The number of ketones is 1. The molecule has 10 heteroatoms. The minimum absolute atomic E-state index is 0.0499. The molecule has 0 fully saturated rings. The highest BCUT2D eigenvalue weighted by molar-refractivity contribution is 7.16. The van der Waals surface area contributed by atoms with Crippen LogP contribution in [0.3, 0.4) is 0 Å². The van der Waals surface area contributed by atoms with Crippen LogP contribution in [0.2, 0.25) is 0 Å². The van der Waals surface area contributed by atoms with Crippen LogP contribution >= 0.6 is 11.3 Å². The number of hydrogen-bond acceptors (Lipinski definition) is 10. The molecule has 0 amide bonds. The fourth-order valence-corrected chi connectivity index (χ4v) is 7.63. The van der Waals surface area contributed by atoms with Gasteiger partial charge in [0.25, 0.3) is 0 Å². The molecule has 216 valence electrons. The molecule has 2 N–H and O–H groups in total. The molecule has 0 saturated carbocycles. The molecule has 3 aliphatic rings. The van der Waals surface area contributed by atoms with Gasteiger partial charge in [0.15, 0.2) is 17.3 Å². The van der Waals surface area contributed by atoms with Gasteiger partial charge in [0.05, 0.1) is 51.1 Å². The van der Waals surface area contributed by atoms with Crippen LogP contribution in [-0.4, -0.2) is 39.7 Å². The number of hydrogen-bond donors (Lipinski definition) is 1. The van der Waals surface area contributed by atoms with Crippen molar-refractivity contribution < 1.29 is 28.5 Å². The van der Waals surface area contributed by atoms with Gasteiger partial charge >= 0.3 is 5.97 Å². The lowest BCUT2D eigenvalue weighted by Crippen LogP contribution is -2.39. The van der Waals surface area contributed by atoms with Crippen molar-refractivity contribution in [2.24, 2.45) is 5.73 Å². The average Bonchev–Trinajstić information content (AvgIpc) is 3.17. The second-order valence-corrected chi connectivity index (χ2v) is 11.3. The zero-order chi connectivity index (χ0) is 29.3. The number of allylic oxidation sites excluding steroid dienone is 3. The molecule has 1 aromatic heterocycles. The van der Waals surface area contributed by atoms with E-state index < -0.39 is 11.9 Å². The number of nitriles is 1. The first-order valence-electron chi connectivity index (χ1n) is 14.0. The normalized spacial score (nSPS) is 18.8. The Kier molecular flexibility index (Phi) is 8.27. The summed E-state index contributed by atoms with van der Waals surface area (Å²) in [6.45, 7) is 2.03. The second kappa shape index (κ2) is 11.9. The van der Waals surface area contributed by atoms with E-state index in [1.807, 2.05) is 0 Å². The first-order valence-corrected chi connectivity index (χ1v) is 14.8. The summed E-state index contributed by atoms with van der Waals surface area (Å²) in [7, 11) is 4.56. The summed E-state index contributed by atoms with van der Waals surface area (Å²) in [6, 6.07) is 5.83. The predicted molar refractivity (Wildman–Crippen MR) is 156 cm³/mol. The van der Waals surface area contributed by atoms with E-state index in [4.69, 9.17) is 24.7 Å². The first kappa shape index (κ1) is 28.6. The van der Waals surface area contributed by atoms with E-state index in [0.29, 0.717) is 58.2 Å². The second-order valence-electron chi connectivity index (χ2n) is 10.2. The lowest BCUT2D eigenvalue weighted by molar-refractivity contribution is -0.116. The lowest BCUT2D eigenvalue weighted by atomic mass is 9.75. The topological polar surface area (TPSA) is 124 Å². The number of carbonyl (C=O) groups is 2. The van der Waals surface area contributed by atoms with Crippen LogP contribution in [0.4, 0.5) is 5.00 Å². The highest BCUT2D eigenvalue weighted by atomic mass is 32.1. The molecule has 0 radical (unpaired) electrons. The number of nitrogens with two attached hydrogens (primary N) is 1. The Balaban J connectivity index is 1.77. The van der Waals surface area contributed by atoms with Crippen LogP contribution in [0.15, 0.2) is 34.8 Å². The number of anilines is 1. The zero-order valence-electron chi connectivity index (χ0n) is 23.9. The molecule has 0 spiro atoms. The van der Waals surface area contributed by atoms with Crippen LogP contribution in [-0.2, 0) is 22.4 Å². The predicted octanol–water partition coefficient (Wildman–Crippen LogP) is 5.52. The highest BCUT2D eigenvalue weighted by Gasteiger charge is 2.43. The Bertz CT molecular complexity index is 1470. The van der Waals surface area contributed by atoms with Crippen LogP contribution in [0, 0.1) is 11.3 Å². The van der Waals surface area contributed by atoms with Crippen LogP contribution in [0.25, 0.3) is 0 Å².